The average molecular weight is 140 g/mol. The summed E-state index contributed by atoms with van der Waals surface area (Å²) in [5.41, 5.74) is 0. The van der Waals surface area contributed by atoms with E-state index in [-0.39, 0.29) is 6.04 Å². The molecular formula is C7H12N2O. The molecule has 2 bridgehead atoms. The van der Waals surface area contributed by atoms with E-state index in [0.29, 0.717) is 5.92 Å². The summed E-state index contributed by atoms with van der Waals surface area (Å²) in [5, 5.41) is 3.14. The normalized spacial score (nSPS) is 45.4. The van der Waals surface area contributed by atoms with Crippen LogP contribution < -0.4 is 0 Å². The molecule has 0 amide bonds. The van der Waals surface area contributed by atoms with Crippen molar-refractivity contribution in [1.29, 1.82) is 0 Å². The van der Waals surface area contributed by atoms with Crippen LogP contribution in [0.25, 0.3) is 0 Å². The fourth-order valence-electron chi connectivity index (χ4n) is 2.05. The van der Waals surface area contributed by atoms with Crippen LogP contribution in [0.4, 0.5) is 0 Å². The lowest BCUT2D eigenvalue weighted by molar-refractivity contribution is 0.0899. The third kappa shape index (κ3) is 0.850. The van der Waals surface area contributed by atoms with Gasteiger partial charge in [0.1, 0.15) is 6.04 Å². The summed E-state index contributed by atoms with van der Waals surface area (Å²) in [6.45, 7) is 3.31. The second kappa shape index (κ2) is 2.31. The minimum Gasteiger partial charge on any atom is -0.301 e. The molecule has 0 aromatic rings. The van der Waals surface area contributed by atoms with Gasteiger partial charge < -0.3 is 4.90 Å². The molecule has 3 aliphatic rings. The van der Waals surface area contributed by atoms with Crippen LogP contribution in [0.3, 0.4) is 0 Å². The third-order valence-corrected chi connectivity index (χ3v) is 2.76. The fraction of sp³-hybridized carbons (Fsp3) is 1.00. The number of nitroso groups, excluding NO2 is 1. The van der Waals surface area contributed by atoms with E-state index in [1.54, 1.807) is 0 Å². The van der Waals surface area contributed by atoms with Crippen molar-refractivity contribution < 1.29 is 0 Å². The molecule has 10 heavy (non-hydrogen) atoms. The second-order valence-electron chi connectivity index (χ2n) is 3.31. The minimum atomic E-state index is 0.113. The SMILES string of the molecule is O=NC1CN2CCC1CC2. The predicted molar refractivity (Wildman–Crippen MR) is 38.7 cm³/mol. The van der Waals surface area contributed by atoms with Crippen LogP contribution in [0.1, 0.15) is 12.8 Å². The van der Waals surface area contributed by atoms with Gasteiger partial charge in [-0.05, 0) is 31.8 Å². The molecule has 0 aromatic heterocycles. The molecule has 3 heteroatoms. The molecule has 3 heterocycles. The topological polar surface area (TPSA) is 32.7 Å². The molecule has 0 radical (unpaired) electrons. The third-order valence-electron chi connectivity index (χ3n) is 2.76. The Kier molecular flexibility index (Phi) is 1.45. The molecule has 3 nitrogen and oxygen atoms in total. The van der Waals surface area contributed by atoms with E-state index in [4.69, 9.17) is 0 Å². The first-order valence-electron chi connectivity index (χ1n) is 3.95. The first-order valence-corrected chi connectivity index (χ1v) is 3.95. The van der Waals surface area contributed by atoms with Crippen molar-refractivity contribution in [2.75, 3.05) is 19.6 Å². The van der Waals surface area contributed by atoms with Gasteiger partial charge in [0.2, 0.25) is 0 Å². The van der Waals surface area contributed by atoms with Crippen molar-refractivity contribution in [3.8, 4) is 0 Å². The van der Waals surface area contributed by atoms with Gasteiger partial charge in [0.15, 0.2) is 0 Å². The average Bonchev–Trinajstić information content (AvgIpc) is 2.06. The van der Waals surface area contributed by atoms with Crippen LogP contribution in [0, 0.1) is 10.8 Å². The lowest BCUT2D eigenvalue weighted by atomic mass is 9.85. The number of rotatable bonds is 1. The van der Waals surface area contributed by atoms with E-state index in [2.05, 4.69) is 10.1 Å². The number of piperidine rings is 3. The summed E-state index contributed by atoms with van der Waals surface area (Å²) in [6.07, 6.45) is 2.38. The van der Waals surface area contributed by atoms with Crippen molar-refractivity contribution in [3.63, 3.8) is 0 Å². The van der Waals surface area contributed by atoms with Gasteiger partial charge in [0.25, 0.3) is 0 Å². The Balaban J connectivity index is 2.07. The van der Waals surface area contributed by atoms with Gasteiger partial charge in [0.05, 0.1) is 0 Å². The zero-order valence-electron chi connectivity index (χ0n) is 5.99. The van der Waals surface area contributed by atoms with Crippen LogP contribution in [0.15, 0.2) is 5.18 Å². The van der Waals surface area contributed by atoms with Gasteiger partial charge in [-0.3, -0.25) is 0 Å². The maximum absolute atomic E-state index is 10.3. The highest BCUT2D eigenvalue weighted by Crippen LogP contribution is 2.28. The van der Waals surface area contributed by atoms with E-state index in [0.717, 1.165) is 6.54 Å². The van der Waals surface area contributed by atoms with E-state index in [1.165, 1.54) is 25.9 Å². The van der Waals surface area contributed by atoms with Crippen molar-refractivity contribution in [2.45, 2.75) is 18.9 Å². The summed E-state index contributed by atoms with van der Waals surface area (Å²) >= 11 is 0. The number of nitrogens with zero attached hydrogens (tertiary/aromatic N) is 2. The molecular weight excluding hydrogens is 128 g/mol. The maximum Gasteiger partial charge on any atom is 0.107 e. The molecule has 0 aromatic carbocycles. The van der Waals surface area contributed by atoms with Gasteiger partial charge in [-0.1, -0.05) is 5.18 Å². The molecule has 3 aliphatic heterocycles. The smallest absolute Gasteiger partial charge is 0.107 e. The maximum atomic E-state index is 10.3. The van der Waals surface area contributed by atoms with Crippen LogP contribution in [0.5, 0.6) is 0 Å². The largest absolute Gasteiger partial charge is 0.301 e. The van der Waals surface area contributed by atoms with Crippen molar-refractivity contribution in [2.24, 2.45) is 11.1 Å². The van der Waals surface area contributed by atoms with E-state index in [9.17, 15) is 4.91 Å². The molecule has 0 N–H and O–H groups in total. The predicted octanol–water partition coefficient (Wildman–Crippen LogP) is 0.847. The molecule has 56 valence electrons. The van der Waals surface area contributed by atoms with Crippen LogP contribution in [0.2, 0.25) is 0 Å². The Morgan fingerprint density at radius 3 is 2.30 bits per heavy atom. The zero-order valence-corrected chi connectivity index (χ0v) is 5.99. The zero-order chi connectivity index (χ0) is 6.97. The van der Waals surface area contributed by atoms with Crippen LogP contribution in [-0.2, 0) is 0 Å². The van der Waals surface area contributed by atoms with Gasteiger partial charge in [-0.2, -0.15) is 4.91 Å². The lowest BCUT2D eigenvalue weighted by Crippen LogP contribution is -2.49. The Morgan fingerprint density at radius 2 is 2.00 bits per heavy atom. The van der Waals surface area contributed by atoms with E-state index >= 15 is 0 Å². The first kappa shape index (κ1) is 6.28. The van der Waals surface area contributed by atoms with E-state index in [1.807, 2.05) is 0 Å². The molecule has 1 unspecified atom stereocenters. The summed E-state index contributed by atoms with van der Waals surface area (Å²) in [6, 6.07) is 0.113. The number of hydrogen-bond acceptors (Lipinski definition) is 3. The second-order valence-corrected chi connectivity index (χ2v) is 3.31. The molecule has 0 saturated carbocycles. The van der Waals surface area contributed by atoms with Crippen LogP contribution >= 0.6 is 0 Å². The highest BCUT2D eigenvalue weighted by Gasteiger charge is 2.34. The summed E-state index contributed by atoms with van der Waals surface area (Å²) in [7, 11) is 0. The Bertz CT molecular complexity index is 141. The fourth-order valence-corrected chi connectivity index (χ4v) is 2.05. The lowest BCUT2D eigenvalue weighted by Gasteiger charge is -2.41. The van der Waals surface area contributed by atoms with Crippen molar-refractivity contribution >= 4 is 0 Å². The Labute approximate surface area is 60.4 Å². The molecule has 0 spiro atoms. The van der Waals surface area contributed by atoms with E-state index < -0.39 is 0 Å². The molecule has 3 fully saturated rings. The summed E-state index contributed by atoms with van der Waals surface area (Å²) in [4.78, 5) is 12.6. The van der Waals surface area contributed by atoms with Gasteiger partial charge in [-0.25, -0.2) is 0 Å². The molecule has 1 atom stereocenters. The highest BCUT2D eigenvalue weighted by atomic mass is 16.3. The van der Waals surface area contributed by atoms with Gasteiger partial charge in [0, 0.05) is 6.54 Å². The quantitative estimate of drug-likeness (QED) is 0.506. The summed E-state index contributed by atoms with van der Waals surface area (Å²) < 4.78 is 0. The van der Waals surface area contributed by atoms with Gasteiger partial charge in [-0.15, -0.1) is 0 Å². The van der Waals surface area contributed by atoms with Crippen molar-refractivity contribution in [1.82, 2.24) is 4.90 Å². The molecule has 3 rings (SSSR count). The summed E-state index contributed by atoms with van der Waals surface area (Å²) in [5.74, 6) is 0.613. The Hall–Kier alpha value is -0.440. The number of hydrogen-bond donors (Lipinski definition) is 0. The minimum absolute atomic E-state index is 0.113. The molecule has 3 saturated heterocycles. The van der Waals surface area contributed by atoms with Gasteiger partial charge >= 0.3 is 0 Å². The Morgan fingerprint density at radius 1 is 1.30 bits per heavy atom. The highest BCUT2D eigenvalue weighted by molar-refractivity contribution is 4.90. The molecule has 0 aliphatic carbocycles. The monoisotopic (exact) mass is 140 g/mol. The standard InChI is InChI=1S/C7H12N2O/c10-8-7-5-9-3-1-6(7)2-4-9/h6-7H,1-5H2. The van der Waals surface area contributed by atoms with Crippen molar-refractivity contribution in [3.05, 3.63) is 4.91 Å². The van der Waals surface area contributed by atoms with Crippen LogP contribution in [-0.4, -0.2) is 30.6 Å². The first-order chi connectivity index (χ1) is 4.90. The number of fused-ring (bicyclic) bond motifs is 3.